The SMILES string of the molecule is CC(=O)N1CCC(NC2CCOC2)=C(C(=C2CCC2)N2CC(CC#N)c3cc(-c4cnn(C)c4)ccc32)C1. The van der Waals surface area contributed by atoms with Crippen LogP contribution in [0.1, 0.15) is 56.9 Å². The first-order valence-corrected chi connectivity index (χ1v) is 13.8. The van der Waals surface area contributed by atoms with E-state index < -0.39 is 0 Å². The minimum atomic E-state index is 0.119. The summed E-state index contributed by atoms with van der Waals surface area (Å²) in [6, 6.07) is 9.40. The van der Waals surface area contributed by atoms with Crippen molar-refractivity contribution >= 4 is 11.6 Å². The van der Waals surface area contributed by atoms with Crippen molar-refractivity contribution in [2.45, 2.75) is 57.4 Å². The van der Waals surface area contributed by atoms with Crippen molar-refractivity contribution in [3.8, 4) is 17.2 Å². The van der Waals surface area contributed by atoms with Crippen LogP contribution in [-0.4, -0.2) is 59.5 Å². The molecule has 4 heterocycles. The topological polar surface area (TPSA) is 86.4 Å². The van der Waals surface area contributed by atoms with Gasteiger partial charge < -0.3 is 19.9 Å². The smallest absolute Gasteiger partial charge is 0.219 e. The lowest BCUT2D eigenvalue weighted by molar-refractivity contribution is -0.128. The fourth-order valence-electron chi connectivity index (χ4n) is 6.25. The number of rotatable bonds is 6. The molecular weight excluding hydrogens is 476 g/mol. The van der Waals surface area contributed by atoms with Gasteiger partial charge in [0.05, 0.1) is 24.9 Å². The number of hydrogen-bond acceptors (Lipinski definition) is 6. The van der Waals surface area contributed by atoms with E-state index in [0.717, 1.165) is 63.1 Å². The molecule has 0 radical (unpaired) electrons. The monoisotopic (exact) mass is 512 g/mol. The van der Waals surface area contributed by atoms with Gasteiger partial charge in [0, 0.05) is 93.4 Å². The Kier molecular flexibility index (Phi) is 6.71. The molecule has 198 valence electrons. The molecule has 38 heavy (non-hydrogen) atoms. The highest BCUT2D eigenvalue weighted by Crippen LogP contribution is 2.47. The second kappa shape index (κ2) is 10.3. The lowest BCUT2D eigenvalue weighted by atomic mass is 9.85. The average molecular weight is 513 g/mol. The maximum atomic E-state index is 12.5. The molecule has 1 N–H and O–H groups in total. The third-order valence-electron chi connectivity index (χ3n) is 8.48. The molecule has 2 fully saturated rings. The normalized spacial score (nSPS) is 22.8. The van der Waals surface area contributed by atoms with Gasteiger partial charge in [-0.1, -0.05) is 6.07 Å². The summed E-state index contributed by atoms with van der Waals surface area (Å²) in [6.45, 7) is 5.33. The lowest BCUT2D eigenvalue weighted by Gasteiger charge is -2.38. The molecule has 1 saturated carbocycles. The number of nitrogens with zero attached hydrogens (tertiary/aromatic N) is 5. The molecule has 2 aromatic rings. The van der Waals surface area contributed by atoms with Crippen LogP contribution in [0.25, 0.3) is 11.1 Å². The van der Waals surface area contributed by atoms with Crippen LogP contribution in [0.4, 0.5) is 5.69 Å². The Morgan fingerprint density at radius 2 is 2.13 bits per heavy atom. The highest BCUT2D eigenvalue weighted by molar-refractivity contribution is 5.76. The van der Waals surface area contributed by atoms with Gasteiger partial charge in [-0.2, -0.15) is 10.4 Å². The highest BCUT2D eigenvalue weighted by Gasteiger charge is 2.37. The second-order valence-electron chi connectivity index (χ2n) is 11.0. The first kappa shape index (κ1) is 24.7. The Balaban J connectivity index is 1.43. The number of allylic oxidation sites excluding steroid dienone is 1. The summed E-state index contributed by atoms with van der Waals surface area (Å²) in [4.78, 5) is 16.9. The Morgan fingerprint density at radius 3 is 2.79 bits per heavy atom. The van der Waals surface area contributed by atoms with Crippen molar-refractivity contribution < 1.29 is 9.53 Å². The zero-order valence-corrected chi connectivity index (χ0v) is 22.4. The van der Waals surface area contributed by atoms with E-state index in [0.29, 0.717) is 19.0 Å². The molecule has 1 saturated heterocycles. The van der Waals surface area contributed by atoms with Gasteiger partial charge in [0.15, 0.2) is 0 Å². The summed E-state index contributed by atoms with van der Waals surface area (Å²) >= 11 is 0. The standard InChI is InChI=1S/C30H36N6O2/c1-20(37)35-12-9-28(33-25-10-13-38-19-25)27(18-35)30(21-4-3-5-21)36-17-23(8-11-31)26-14-22(6-7-29(26)36)24-15-32-34(2)16-24/h6-7,14-16,23,25,33H,3-5,8-10,12-13,17-19H2,1-2H3. The van der Waals surface area contributed by atoms with E-state index in [4.69, 9.17) is 4.74 Å². The molecule has 1 aromatic heterocycles. The van der Waals surface area contributed by atoms with Gasteiger partial charge in [-0.3, -0.25) is 9.48 Å². The molecule has 1 aromatic carbocycles. The van der Waals surface area contributed by atoms with Crippen molar-refractivity contribution in [3.63, 3.8) is 0 Å². The van der Waals surface area contributed by atoms with E-state index >= 15 is 0 Å². The largest absolute Gasteiger partial charge is 0.383 e. The quantitative estimate of drug-likeness (QED) is 0.624. The number of hydrogen-bond donors (Lipinski definition) is 1. The maximum absolute atomic E-state index is 12.5. The van der Waals surface area contributed by atoms with Gasteiger partial charge in [-0.25, -0.2) is 0 Å². The molecule has 8 heteroatoms. The first-order chi connectivity index (χ1) is 18.5. The Morgan fingerprint density at radius 1 is 1.26 bits per heavy atom. The minimum Gasteiger partial charge on any atom is -0.383 e. The molecular formula is C30H36N6O2. The Bertz CT molecular complexity index is 1340. The van der Waals surface area contributed by atoms with Gasteiger partial charge in [-0.05, 0) is 54.5 Å². The lowest BCUT2D eigenvalue weighted by Crippen LogP contribution is -2.42. The average Bonchev–Trinajstić information content (AvgIpc) is 3.63. The third kappa shape index (κ3) is 4.60. The molecule has 2 atom stereocenters. The minimum absolute atomic E-state index is 0.119. The van der Waals surface area contributed by atoms with Crippen LogP contribution >= 0.6 is 0 Å². The van der Waals surface area contributed by atoms with Crippen LogP contribution in [-0.2, 0) is 16.6 Å². The van der Waals surface area contributed by atoms with Crippen molar-refractivity contribution in [2.24, 2.45) is 7.05 Å². The van der Waals surface area contributed by atoms with E-state index in [1.54, 1.807) is 6.92 Å². The summed E-state index contributed by atoms with van der Waals surface area (Å²) in [5.74, 6) is 0.254. The number of benzene rings is 1. The van der Waals surface area contributed by atoms with Gasteiger partial charge in [0.2, 0.25) is 5.91 Å². The van der Waals surface area contributed by atoms with Gasteiger partial charge in [0.1, 0.15) is 0 Å². The molecule has 2 unspecified atom stereocenters. The fourth-order valence-corrected chi connectivity index (χ4v) is 6.25. The Labute approximate surface area is 224 Å². The zero-order valence-electron chi connectivity index (χ0n) is 22.4. The summed E-state index contributed by atoms with van der Waals surface area (Å²) in [7, 11) is 1.93. The maximum Gasteiger partial charge on any atom is 0.219 e. The van der Waals surface area contributed by atoms with Crippen LogP contribution < -0.4 is 10.2 Å². The molecule has 3 aliphatic heterocycles. The predicted molar refractivity (Wildman–Crippen MR) is 146 cm³/mol. The van der Waals surface area contributed by atoms with Gasteiger partial charge >= 0.3 is 0 Å². The number of carbonyl (C=O) groups excluding carboxylic acids is 1. The summed E-state index contributed by atoms with van der Waals surface area (Å²) in [6.07, 6.45) is 9.60. The number of fused-ring (bicyclic) bond motifs is 1. The van der Waals surface area contributed by atoms with Crippen molar-refractivity contribution in [1.29, 1.82) is 5.26 Å². The first-order valence-electron chi connectivity index (χ1n) is 13.8. The molecule has 4 aliphatic rings. The van der Waals surface area contributed by atoms with Crippen LogP contribution in [0.2, 0.25) is 0 Å². The third-order valence-corrected chi connectivity index (χ3v) is 8.48. The molecule has 6 rings (SSSR count). The van der Waals surface area contributed by atoms with Gasteiger partial charge in [-0.15, -0.1) is 0 Å². The molecule has 1 aliphatic carbocycles. The highest BCUT2D eigenvalue weighted by atomic mass is 16.5. The molecule has 0 bridgehead atoms. The number of carbonyl (C=O) groups is 1. The number of aryl methyl sites for hydroxylation is 1. The van der Waals surface area contributed by atoms with E-state index in [1.807, 2.05) is 29.0 Å². The fraction of sp³-hybridized carbons (Fsp3) is 0.500. The number of aromatic nitrogens is 2. The number of ether oxygens (including phenoxy) is 1. The van der Waals surface area contributed by atoms with Crippen LogP contribution in [0.15, 0.2) is 53.1 Å². The van der Waals surface area contributed by atoms with Crippen LogP contribution in [0.5, 0.6) is 0 Å². The predicted octanol–water partition coefficient (Wildman–Crippen LogP) is 4.23. The van der Waals surface area contributed by atoms with E-state index in [1.165, 1.54) is 40.2 Å². The van der Waals surface area contributed by atoms with Crippen molar-refractivity contribution in [2.75, 3.05) is 37.7 Å². The van der Waals surface area contributed by atoms with E-state index in [-0.39, 0.29) is 11.8 Å². The zero-order chi connectivity index (χ0) is 26.2. The number of amides is 1. The van der Waals surface area contributed by atoms with Crippen molar-refractivity contribution in [1.82, 2.24) is 20.0 Å². The van der Waals surface area contributed by atoms with Crippen molar-refractivity contribution in [3.05, 3.63) is 58.7 Å². The Hall–Kier alpha value is -3.57. The van der Waals surface area contributed by atoms with Crippen LogP contribution in [0, 0.1) is 11.3 Å². The number of anilines is 1. The van der Waals surface area contributed by atoms with E-state index in [2.05, 4.69) is 39.6 Å². The molecule has 0 spiro atoms. The van der Waals surface area contributed by atoms with E-state index in [9.17, 15) is 10.1 Å². The molecule has 1 amide bonds. The second-order valence-corrected chi connectivity index (χ2v) is 11.0. The molecule has 8 nitrogen and oxygen atoms in total. The summed E-state index contributed by atoms with van der Waals surface area (Å²) < 4.78 is 7.48. The van der Waals surface area contributed by atoms with Crippen LogP contribution in [0.3, 0.4) is 0 Å². The summed E-state index contributed by atoms with van der Waals surface area (Å²) in [5, 5.41) is 17.9. The number of nitriles is 1. The summed E-state index contributed by atoms with van der Waals surface area (Å²) in [5.41, 5.74) is 9.86. The number of nitrogens with one attached hydrogen (secondary N) is 1. The van der Waals surface area contributed by atoms with Gasteiger partial charge in [0.25, 0.3) is 0 Å².